The highest BCUT2D eigenvalue weighted by atomic mass is 35.5. The van der Waals surface area contributed by atoms with Gasteiger partial charge in [0.05, 0.1) is 18.8 Å². The first-order chi connectivity index (χ1) is 16.1. The van der Waals surface area contributed by atoms with Crippen LogP contribution in [0.5, 0.6) is 0 Å². The second-order valence-corrected chi connectivity index (χ2v) is 9.08. The number of aromatic nitrogens is 1. The Morgan fingerprint density at radius 1 is 1.09 bits per heavy atom. The number of pyridine rings is 1. The maximum Gasteiger partial charge on any atom is 0.400 e. The van der Waals surface area contributed by atoms with E-state index in [0.717, 1.165) is 5.69 Å². The van der Waals surface area contributed by atoms with E-state index < -0.39 is 18.1 Å². The number of aliphatic imine (C=N–C) groups is 1. The van der Waals surface area contributed by atoms with Crippen molar-refractivity contribution in [2.24, 2.45) is 4.99 Å². The number of halogens is 5. The van der Waals surface area contributed by atoms with Gasteiger partial charge in [0.15, 0.2) is 0 Å². The number of carbonyl (C=O) groups excluding carboxylic acids is 1. The van der Waals surface area contributed by atoms with Crippen LogP contribution in [-0.4, -0.2) is 29.3 Å². The van der Waals surface area contributed by atoms with Gasteiger partial charge in [0.25, 0.3) is 5.91 Å². The Kier molecular flexibility index (Phi) is 6.69. The molecule has 4 rings (SSSR count). The Morgan fingerprint density at radius 2 is 1.82 bits per heavy atom. The summed E-state index contributed by atoms with van der Waals surface area (Å²) in [7, 11) is 0. The number of nitrogens with one attached hydrogen (secondary N) is 1. The van der Waals surface area contributed by atoms with Crippen LogP contribution < -0.4 is 5.32 Å². The Bertz CT molecular complexity index is 1240. The lowest BCUT2D eigenvalue weighted by molar-refractivity contribution is -0.183. The van der Waals surface area contributed by atoms with Crippen molar-refractivity contribution in [2.45, 2.75) is 31.5 Å². The molecule has 0 saturated carbocycles. The molecule has 1 amide bonds. The highest BCUT2D eigenvalue weighted by molar-refractivity contribution is 6.34. The molecule has 1 aliphatic heterocycles. The first-order valence-electron chi connectivity index (χ1n) is 10.4. The monoisotopic (exact) mass is 505 g/mol. The summed E-state index contributed by atoms with van der Waals surface area (Å²) in [6, 6.07) is 14.3. The van der Waals surface area contributed by atoms with E-state index >= 15 is 0 Å². The van der Waals surface area contributed by atoms with Crippen molar-refractivity contribution in [1.82, 2.24) is 10.3 Å². The number of rotatable bonds is 5. The molecule has 34 heavy (non-hydrogen) atoms. The third-order valence-corrected chi connectivity index (χ3v) is 6.36. The molecule has 1 unspecified atom stereocenters. The van der Waals surface area contributed by atoms with Gasteiger partial charge in [-0.3, -0.25) is 14.8 Å². The van der Waals surface area contributed by atoms with Crippen molar-refractivity contribution in [3.05, 3.63) is 98.8 Å². The zero-order chi connectivity index (χ0) is 24.5. The molecular weight excluding hydrogens is 486 g/mol. The van der Waals surface area contributed by atoms with Crippen LogP contribution in [0.2, 0.25) is 10.0 Å². The Morgan fingerprint density at radius 3 is 2.44 bits per heavy atom. The van der Waals surface area contributed by atoms with Crippen LogP contribution >= 0.6 is 23.2 Å². The molecule has 0 aliphatic carbocycles. The smallest absolute Gasteiger partial charge is 0.346 e. The molecule has 3 aromatic rings. The van der Waals surface area contributed by atoms with E-state index in [4.69, 9.17) is 23.2 Å². The van der Waals surface area contributed by atoms with Crippen molar-refractivity contribution in [1.29, 1.82) is 0 Å². The van der Waals surface area contributed by atoms with Gasteiger partial charge in [0.1, 0.15) is 5.41 Å². The van der Waals surface area contributed by atoms with Gasteiger partial charge < -0.3 is 5.32 Å². The minimum atomic E-state index is -4.56. The molecule has 2 aromatic carbocycles. The largest absolute Gasteiger partial charge is 0.400 e. The van der Waals surface area contributed by atoms with Crippen LogP contribution in [0.15, 0.2) is 65.8 Å². The Hall–Kier alpha value is -2.90. The van der Waals surface area contributed by atoms with Gasteiger partial charge in [0.2, 0.25) is 0 Å². The lowest BCUT2D eigenvalue weighted by Gasteiger charge is -2.31. The molecule has 0 radical (unpaired) electrons. The average Bonchev–Trinajstić information content (AvgIpc) is 3.25. The number of aryl methyl sites for hydroxylation is 1. The highest BCUT2D eigenvalue weighted by Crippen LogP contribution is 2.48. The Balaban J connectivity index is 1.56. The van der Waals surface area contributed by atoms with Crippen molar-refractivity contribution in [3.8, 4) is 0 Å². The Labute approximate surface area is 204 Å². The summed E-state index contributed by atoms with van der Waals surface area (Å²) in [4.78, 5) is 21.0. The zero-order valence-corrected chi connectivity index (χ0v) is 19.6. The number of hydrogen-bond donors (Lipinski definition) is 1. The fraction of sp³-hybridized carbons (Fsp3) is 0.240. The number of amides is 1. The molecule has 1 aliphatic rings. The average molecular weight is 506 g/mol. The predicted octanol–water partition coefficient (Wildman–Crippen LogP) is 6.32. The molecule has 2 heterocycles. The fourth-order valence-electron chi connectivity index (χ4n) is 4.07. The molecule has 176 valence electrons. The van der Waals surface area contributed by atoms with E-state index in [0.29, 0.717) is 22.4 Å². The summed E-state index contributed by atoms with van der Waals surface area (Å²) >= 11 is 12.0. The summed E-state index contributed by atoms with van der Waals surface area (Å²) in [6.07, 6.45) is -3.27. The fourth-order valence-corrected chi connectivity index (χ4v) is 4.59. The lowest BCUT2D eigenvalue weighted by Crippen LogP contribution is -2.43. The van der Waals surface area contributed by atoms with Crippen LogP contribution in [0.25, 0.3) is 0 Å². The van der Waals surface area contributed by atoms with Gasteiger partial charge in [-0.25, -0.2) is 0 Å². The molecule has 4 nitrogen and oxygen atoms in total. The van der Waals surface area contributed by atoms with Gasteiger partial charge in [-0.2, -0.15) is 13.2 Å². The number of alkyl halides is 3. The minimum absolute atomic E-state index is 0.0153. The zero-order valence-electron chi connectivity index (χ0n) is 18.1. The third kappa shape index (κ3) is 4.81. The summed E-state index contributed by atoms with van der Waals surface area (Å²) < 4.78 is 42.9. The second-order valence-electron chi connectivity index (χ2n) is 8.21. The van der Waals surface area contributed by atoms with E-state index in [9.17, 15) is 18.0 Å². The van der Waals surface area contributed by atoms with E-state index in [2.05, 4.69) is 15.3 Å². The van der Waals surface area contributed by atoms with Crippen LogP contribution in [0.3, 0.4) is 0 Å². The molecule has 0 spiro atoms. The third-order valence-electron chi connectivity index (χ3n) is 5.93. The van der Waals surface area contributed by atoms with Crippen molar-refractivity contribution in [3.63, 3.8) is 0 Å². The normalized spacial score (nSPS) is 18.0. The van der Waals surface area contributed by atoms with Crippen LogP contribution in [0, 0.1) is 6.92 Å². The summed E-state index contributed by atoms with van der Waals surface area (Å²) in [6.45, 7) is 1.54. The van der Waals surface area contributed by atoms with Crippen molar-refractivity contribution in [2.75, 3.05) is 6.54 Å². The van der Waals surface area contributed by atoms with Gasteiger partial charge >= 0.3 is 6.18 Å². The van der Waals surface area contributed by atoms with Gasteiger partial charge in [-0.05, 0) is 66.1 Å². The van der Waals surface area contributed by atoms with Crippen molar-refractivity contribution < 1.29 is 18.0 Å². The molecule has 0 saturated heterocycles. The molecule has 1 atom stereocenters. The minimum Gasteiger partial charge on any atom is -0.346 e. The molecular formula is C25H20Cl2F3N3O. The standard InChI is InChI=1S/C25H20Cl2F3N3O/c1-15-8-16(5-6-21(15)23(34)32-13-20-4-2-3-7-31-20)22-12-24(14-33-22,25(28,29)30)17-9-18(26)11-19(27)10-17/h2-11H,12-14H2,1H3,(H,32,34). The van der Waals surface area contributed by atoms with Crippen LogP contribution in [-0.2, 0) is 12.0 Å². The quantitative estimate of drug-likeness (QED) is 0.441. The lowest BCUT2D eigenvalue weighted by atomic mass is 9.76. The number of benzene rings is 2. The van der Waals surface area contributed by atoms with Crippen LogP contribution in [0.1, 0.15) is 39.2 Å². The molecule has 1 aromatic heterocycles. The maximum atomic E-state index is 14.3. The van der Waals surface area contributed by atoms with E-state index in [1.807, 2.05) is 6.07 Å². The number of nitrogens with zero attached hydrogens (tertiary/aromatic N) is 2. The van der Waals surface area contributed by atoms with Gasteiger partial charge in [-0.15, -0.1) is 0 Å². The SMILES string of the molecule is Cc1cc(C2=NCC(c3cc(Cl)cc(Cl)c3)(C(F)(F)F)C2)ccc1C(=O)NCc1ccccn1. The second kappa shape index (κ2) is 9.39. The first-order valence-corrected chi connectivity index (χ1v) is 11.2. The topological polar surface area (TPSA) is 54.4 Å². The first kappa shape index (κ1) is 24.2. The molecule has 1 N–H and O–H groups in total. The summed E-state index contributed by atoms with van der Waals surface area (Å²) in [5, 5.41) is 3.08. The molecule has 9 heteroatoms. The van der Waals surface area contributed by atoms with E-state index in [-0.39, 0.29) is 34.5 Å². The maximum absolute atomic E-state index is 14.3. The number of hydrogen-bond acceptors (Lipinski definition) is 3. The molecule has 0 fully saturated rings. The number of carbonyl (C=O) groups is 1. The summed E-state index contributed by atoms with van der Waals surface area (Å²) in [5.74, 6) is -0.290. The molecule has 0 bridgehead atoms. The van der Waals surface area contributed by atoms with Gasteiger partial charge in [-0.1, -0.05) is 35.3 Å². The summed E-state index contributed by atoms with van der Waals surface area (Å²) in [5.41, 5.74) is 0.406. The van der Waals surface area contributed by atoms with Crippen LogP contribution in [0.4, 0.5) is 13.2 Å². The van der Waals surface area contributed by atoms with Gasteiger partial charge in [0, 0.05) is 33.9 Å². The van der Waals surface area contributed by atoms with Crippen molar-refractivity contribution >= 4 is 34.8 Å². The van der Waals surface area contributed by atoms with E-state index in [1.165, 1.54) is 18.2 Å². The predicted molar refractivity (Wildman–Crippen MR) is 127 cm³/mol. The van der Waals surface area contributed by atoms with E-state index in [1.54, 1.807) is 43.5 Å². The highest BCUT2D eigenvalue weighted by Gasteiger charge is 2.58.